The Morgan fingerprint density at radius 1 is 1.08 bits per heavy atom. The predicted molar refractivity (Wildman–Crippen MR) is 89.1 cm³/mol. The van der Waals surface area contributed by atoms with Gasteiger partial charge < -0.3 is 5.11 Å². The number of carbonyl (C=O) groups is 1. The van der Waals surface area contributed by atoms with Gasteiger partial charge in [-0.05, 0) is 35.4 Å². The normalized spacial score (nSPS) is 17.1. The zero-order valence-corrected chi connectivity index (χ0v) is 13.6. The first-order valence-corrected chi connectivity index (χ1v) is 8.72. The Hall–Kier alpha value is -2.84. The quantitative estimate of drug-likeness (QED) is 0.867. The number of aliphatic carboxylic acids is 1. The molecule has 25 heavy (non-hydrogen) atoms. The lowest BCUT2D eigenvalue weighted by Gasteiger charge is -2.09. The Morgan fingerprint density at radius 3 is 2.24 bits per heavy atom. The van der Waals surface area contributed by atoms with Crippen molar-refractivity contribution < 1.29 is 22.7 Å². The van der Waals surface area contributed by atoms with Gasteiger partial charge in [0.05, 0.1) is 11.6 Å². The largest absolute Gasteiger partial charge is 0.481 e. The zero-order valence-electron chi connectivity index (χ0n) is 12.8. The van der Waals surface area contributed by atoms with Crippen molar-refractivity contribution in [2.24, 2.45) is 11.1 Å². The van der Waals surface area contributed by atoms with E-state index >= 15 is 0 Å². The number of pyridine rings is 1. The first-order valence-electron chi connectivity index (χ1n) is 7.18. The van der Waals surface area contributed by atoms with E-state index in [9.17, 15) is 22.7 Å². The van der Waals surface area contributed by atoms with Gasteiger partial charge in [0.15, 0.2) is 0 Å². The number of aromatic nitrogens is 1. The lowest BCUT2D eigenvalue weighted by Crippen LogP contribution is -2.12. The van der Waals surface area contributed by atoms with Crippen LogP contribution in [0.2, 0.25) is 0 Å². The third kappa shape index (κ3) is 3.49. The molecule has 1 aliphatic carbocycles. The van der Waals surface area contributed by atoms with Crippen molar-refractivity contribution in [2.45, 2.75) is 4.90 Å². The fourth-order valence-electron chi connectivity index (χ4n) is 2.54. The maximum Gasteiger partial charge on any atom is 0.314 e. The van der Waals surface area contributed by atoms with E-state index in [2.05, 4.69) is 4.98 Å². The molecule has 0 radical (unpaired) electrons. The second-order valence-electron chi connectivity index (χ2n) is 5.46. The van der Waals surface area contributed by atoms with Gasteiger partial charge in [-0.1, -0.05) is 24.3 Å². The average molecular weight is 360 g/mol. The summed E-state index contributed by atoms with van der Waals surface area (Å²) in [6.45, 7) is 0. The van der Waals surface area contributed by atoms with Crippen LogP contribution in [0.15, 0.2) is 59.6 Å². The van der Waals surface area contributed by atoms with Crippen LogP contribution in [0.1, 0.15) is 11.3 Å². The number of halogens is 1. The molecule has 1 atom stereocenters. The smallest absolute Gasteiger partial charge is 0.314 e. The number of nitrogens with zero attached hydrogens (tertiary/aromatic N) is 1. The molecule has 2 aromatic rings. The highest BCUT2D eigenvalue weighted by atomic mass is 32.2. The highest BCUT2D eigenvalue weighted by Gasteiger charge is 2.25. The van der Waals surface area contributed by atoms with E-state index < -0.39 is 27.7 Å². The predicted octanol–water partition coefficient (Wildman–Crippen LogP) is 2.05. The molecule has 0 amide bonds. The summed E-state index contributed by atoms with van der Waals surface area (Å²) in [6, 6.07) is 8.39. The van der Waals surface area contributed by atoms with Crippen molar-refractivity contribution >= 4 is 27.1 Å². The molecule has 0 bridgehead atoms. The number of nitrogens with two attached hydrogens (primary N) is 1. The van der Waals surface area contributed by atoms with Crippen molar-refractivity contribution in [1.29, 1.82) is 0 Å². The topological polar surface area (TPSA) is 110 Å². The lowest BCUT2D eigenvalue weighted by molar-refractivity contribution is -0.138. The van der Waals surface area contributed by atoms with Crippen LogP contribution in [0, 0.1) is 11.7 Å². The van der Waals surface area contributed by atoms with E-state index in [-0.39, 0.29) is 4.90 Å². The number of allylic oxidation sites excluding steroid dienone is 2. The molecular formula is C17H13FN2O4S. The van der Waals surface area contributed by atoms with Gasteiger partial charge in [-0.3, -0.25) is 9.78 Å². The van der Waals surface area contributed by atoms with Gasteiger partial charge in [0.2, 0.25) is 10.0 Å². The number of carboxylic acid groups (broad SMARTS) is 1. The molecule has 1 aromatic carbocycles. The van der Waals surface area contributed by atoms with Gasteiger partial charge in [0, 0.05) is 11.8 Å². The van der Waals surface area contributed by atoms with Crippen LogP contribution in [0.4, 0.5) is 4.39 Å². The summed E-state index contributed by atoms with van der Waals surface area (Å²) >= 11 is 0. The molecule has 0 aliphatic heterocycles. The maximum absolute atomic E-state index is 13.1. The average Bonchev–Trinajstić information content (AvgIpc) is 3.00. The molecule has 8 heteroatoms. The first kappa shape index (κ1) is 17.0. The summed E-state index contributed by atoms with van der Waals surface area (Å²) in [5.41, 5.74) is 2.14. The number of sulfonamides is 1. The molecular weight excluding hydrogens is 347 g/mol. The number of hydrogen-bond acceptors (Lipinski definition) is 4. The fraction of sp³-hybridized carbons (Fsp3) is 0.0588. The molecule has 1 aliphatic rings. The van der Waals surface area contributed by atoms with Gasteiger partial charge in [0.25, 0.3) is 0 Å². The molecule has 3 N–H and O–H groups in total. The minimum Gasteiger partial charge on any atom is -0.481 e. The van der Waals surface area contributed by atoms with Crippen LogP contribution in [0.3, 0.4) is 0 Å². The van der Waals surface area contributed by atoms with E-state index in [1.165, 1.54) is 42.5 Å². The molecule has 6 nitrogen and oxygen atoms in total. The minimum absolute atomic E-state index is 0.142. The number of rotatable bonds is 4. The highest BCUT2D eigenvalue weighted by molar-refractivity contribution is 7.89. The van der Waals surface area contributed by atoms with Gasteiger partial charge in [-0.25, -0.2) is 17.9 Å². The molecule has 0 spiro atoms. The van der Waals surface area contributed by atoms with Crippen LogP contribution >= 0.6 is 0 Å². The fourth-order valence-corrected chi connectivity index (χ4v) is 3.00. The molecule has 0 fully saturated rings. The zero-order chi connectivity index (χ0) is 18.2. The molecule has 0 saturated heterocycles. The molecule has 1 unspecified atom stereocenters. The van der Waals surface area contributed by atoms with Crippen molar-refractivity contribution in [3.63, 3.8) is 0 Å². The van der Waals surface area contributed by atoms with Crippen LogP contribution in [0.25, 0.3) is 11.1 Å². The monoisotopic (exact) mass is 360 g/mol. The van der Waals surface area contributed by atoms with E-state index in [0.29, 0.717) is 22.4 Å². The van der Waals surface area contributed by atoms with Crippen LogP contribution in [0.5, 0.6) is 0 Å². The number of primary sulfonamides is 1. The summed E-state index contributed by atoms with van der Waals surface area (Å²) in [7, 11) is -3.87. The summed E-state index contributed by atoms with van der Waals surface area (Å²) in [5.74, 6) is -2.29. The van der Waals surface area contributed by atoms with Crippen molar-refractivity contribution in [1.82, 2.24) is 4.98 Å². The summed E-state index contributed by atoms with van der Waals surface area (Å²) < 4.78 is 35.8. The lowest BCUT2D eigenvalue weighted by atomic mass is 9.98. The van der Waals surface area contributed by atoms with Crippen molar-refractivity contribution in [2.75, 3.05) is 0 Å². The van der Waals surface area contributed by atoms with Gasteiger partial charge in [0.1, 0.15) is 10.7 Å². The van der Waals surface area contributed by atoms with E-state index in [4.69, 9.17) is 5.14 Å². The Bertz CT molecular complexity index is 994. The van der Waals surface area contributed by atoms with Gasteiger partial charge >= 0.3 is 5.97 Å². The van der Waals surface area contributed by atoms with Crippen LogP contribution < -0.4 is 5.14 Å². The summed E-state index contributed by atoms with van der Waals surface area (Å²) in [4.78, 5) is 15.3. The summed E-state index contributed by atoms with van der Waals surface area (Å²) in [5, 5.41) is 14.3. The third-order valence-corrected chi connectivity index (χ3v) is 4.66. The second kappa shape index (κ2) is 6.23. The number of carboxylic acids is 1. The van der Waals surface area contributed by atoms with Gasteiger partial charge in [-0.15, -0.1) is 0 Å². The highest BCUT2D eigenvalue weighted by Crippen LogP contribution is 2.38. The van der Waals surface area contributed by atoms with E-state index in [0.717, 1.165) is 6.20 Å². The van der Waals surface area contributed by atoms with Gasteiger partial charge in [-0.2, -0.15) is 0 Å². The molecule has 3 rings (SSSR count). The minimum atomic E-state index is -3.87. The molecule has 1 heterocycles. The Morgan fingerprint density at radius 2 is 1.72 bits per heavy atom. The third-order valence-electron chi connectivity index (χ3n) is 3.76. The van der Waals surface area contributed by atoms with Crippen LogP contribution in [-0.4, -0.2) is 24.5 Å². The van der Waals surface area contributed by atoms with E-state index in [1.54, 1.807) is 6.08 Å². The SMILES string of the molecule is NS(=O)(=O)c1ccc(C2=CC(C(=O)O)C=C2c2ccc(F)cc2)nc1. The standard InChI is InChI=1S/C17H13FN2O4S/c18-12-3-1-10(2-4-12)14-7-11(17(21)22)8-15(14)16-6-5-13(9-20-16)25(19,23)24/h1-9,11H,(H,21,22)(H2,19,23,24). The van der Waals surface area contributed by atoms with Crippen molar-refractivity contribution in [3.8, 4) is 0 Å². The molecule has 1 aromatic heterocycles. The van der Waals surface area contributed by atoms with Crippen molar-refractivity contribution in [3.05, 3.63) is 71.8 Å². The second-order valence-corrected chi connectivity index (χ2v) is 7.02. The Balaban J connectivity index is 2.05. The summed E-state index contributed by atoms with van der Waals surface area (Å²) in [6.07, 6.45) is 4.17. The number of hydrogen-bond donors (Lipinski definition) is 2. The van der Waals surface area contributed by atoms with E-state index in [1.807, 2.05) is 0 Å². The van der Waals surface area contributed by atoms with Crippen LogP contribution in [-0.2, 0) is 14.8 Å². The molecule has 128 valence electrons. The number of benzene rings is 1. The Kier molecular flexibility index (Phi) is 4.23. The Labute approximate surface area is 143 Å². The first-order chi connectivity index (χ1) is 11.8. The molecule has 0 saturated carbocycles. The maximum atomic E-state index is 13.1.